The van der Waals surface area contributed by atoms with Gasteiger partial charge in [0.1, 0.15) is 17.5 Å². The molecule has 4 aromatic rings. The molecule has 4 N–H and O–H groups in total. The quantitative estimate of drug-likeness (QED) is 0.244. The van der Waals surface area contributed by atoms with Gasteiger partial charge in [-0.15, -0.1) is 0 Å². The van der Waals surface area contributed by atoms with E-state index in [9.17, 15) is 13.2 Å². The van der Waals surface area contributed by atoms with Crippen LogP contribution in [0.1, 0.15) is 31.4 Å². The number of hydrogen-bond acceptors (Lipinski definition) is 9. The number of aromatic nitrogens is 2. The number of sulfonamides is 1. The topological polar surface area (TPSA) is 149 Å². The van der Waals surface area contributed by atoms with Crippen molar-refractivity contribution in [3.05, 3.63) is 72.3 Å². The molecule has 1 amide bonds. The minimum Gasteiger partial charge on any atom is -0.497 e. The zero-order chi connectivity index (χ0) is 29.9. The summed E-state index contributed by atoms with van der Waals surface area (Å²) in [6.07, 6.45) is 1.89. The number of nitrogens with one attached hydrogen (secondary N) is 2. The molecule has 11 nitrogen and oxygen atoms in total. The molecule has 220 valence electrons. The maximum atomic E-state index is 13.7. The highest BCUT2D eigenvalue weighted by molar-refractivity contribution is 7.92. The number of likely N-dealkylation sites (tertiary alicyclic amines) is 1. The average Bonchev–Trinajstić information content (AvgIpc) is 2.98. The van der Waals surface area contributed by atoms with Gasteiger partial charge in [0, 0.05) is 23.9 Å². The number of carbonyl (C=O) groups excluding carboxylic acids is 1. The molecule has 0 spiro atoms. The van der Waals surface area contributed by atoms with Crippen molar-refractivity contribution >= 4 is 44.3 Å². The number of hydrogen-bond donors (Lipinski definition) is 3. The number of nitrogens with zero attached hydrogens (tertiary/aromatic N) is 3. The molecule has 0 aliphatic carbocycles. The molecule has 2 heterocycles. The van der Waals surface area contributed by atoms with E-state index in [0.717, 1.165) is 12.8 Å². The van der Waals surface area contributed by atoms with E-state index in [1.54, 1.807) is 48.5 Å². The lowest BCUT2D eigenvalue weighted by atomic mass is 9.95. The van der Waals surface area contributed by atoms with Gasteiger partial charge in [0.2, 0.25) is 5.91 Å². The highest BCUT2D eigenvalue weighted by atomic mass is 32.2. The number of nitrogens with two attached hydrogens (primary N) is 1. The standard InChI is InChI=1S/C30H34N6O5S/c1-19-11-13-36(14-12-19)27(28(31)37)20-7-6-8-24(15-20)42(38,39)35-30-29(33-25-9-4-5-10-26(25)34-30)32-21-16-22(40-2)18-23(17-21)41-3/h4-10,15-19,27H,11-14H2,1-3H3,(H2,31,37)(H,32,33)(H,34,35). The largest absolute Gasteiger partial charge is 0.497 e. The first kappa shape index (κ1) is 29.1. The summed E-state index contributed by atoms with van der Waals surface area (Å²) in [5.41, 5.74) is 7.96. The number of benzene rings is 3. The molecule has 3 aromatic carbocycles. The maximum Gasteiger partial charge on any atom is 0.263 e. The van der Waals surface area contributed by atoms with Crippen molar-refractivity contribution in [2.24, 2.45) is 11.7 Å². The van der Waals surface area contributed by atoms with Crippen molar-refractivity contribution in [3.63, 3.8) is 0 Å². The zero-order valence-electron chi connectivity index (χ0n) is 23.7. The number of rotatable bonds is 10. The Morgan fingerprint density at radius 1 is 0.929 bits per heavy atom. The van der Waals surface area contributed by atoms with Gasteiger partial charge in [-0.1, -0.05) is 31.2 Å². The monoisotopic (exact) mass is 590 g/mol. The molecule has 5 rings (SSSR count). The fraction of sp³-hybridized carbons (Fsp3) is 0.300. The van der Waals surface area contributed by atoms with Crippen LogP contribution < -0.4 is 25.2 Å². The van der Waals surface area contributed by atoms with Gasteiger partial charge >= 0.3 is 0 Å². The van der Waals surface area contributed by atoms with E-state index in [0.29, 0.717) is 52.8 Å². The summed E-state index contributed by atoms with van der Waals surface area (Å²) in [6, 6.07) is 17.9. The van der Waals surface area contributed by atoms with E-state index >= 15 is 0 Å². The number of para-hydroxylation sites is 2. The second-order valence-electron chi connectivity index (χ2n) is 10.3. The van der Waals surface area contributed by atoms with Crippen LogP contribution in [0.3, 0.4) is 0 Å². The molecule has 0 radical (unpaired) electrons. The van der Waals surface area contributed by atoms with Crippen LogP contribution in [0.15, 0.2) is 71.6 Å². The molecule has 42 heavy (non-hydrogen) atoms. The van der Waals surface area contributed by atoms with Gasteiger partial charge < -0.3 is 20.5 Å². The van der Waals surface area contributed by atoms with Crippen molar-refractivity contribution in [1.29, 1.82) is 0 Å². The van der Waals surface area contributed by atoms with Gasteiger partial charge in [-0.3, -0.25) is 14.4 Å². The SMILES string of the molecule is COc1cc(Nc2nc3ccccc3nc2NS(=O)(=O)c2cccc(C(C(N)=O)N3CCC(C)CC3)c2)cc(OC)c1. The minimum absolute atomic E-state index is 0.00245. The Balaban J connectivity index is 1.50. The summed E-state index contributed by atoms with van der Waals surface area (Å²) < 4.78 is 40.8. The van der Waals surface area contributed by atoms with Gasteiger partial charge in [-0.25, -0.2) is 18.4 Å². The molecular formula is C30H34N6O5S. The molecule has 1 aromatic heterocycles. The second-order valence-corrected chi connectivity index (χ2v) is 12.0. The van der Waals surface area contributed by atoms with Gasteiger partial charge in [0.15, 0.2) is 11.6 Å². The van der Waals surface area contributed by atoms with Gasteiger partial charge in [-0.2, -0.15) is 0 Å². The maximum absolute atomic E-state index is 13.7. The first-order valence-corrected chi connectivity index (χ1v) is 15.1. The predicted molar refractivity (Wildman–Crippen MR) is 162 cm³/mol. The number of ether oxygens (including phenoxy) is 2. The zero-order valence-corrected chi connectivity index (χ0v) is 24.5. The lowest BCUT2D eigenvalue weighted by Gasteiger charge is -2.35. The number of amides is 1. The Labute approximate surface area is 245 Å². The average molecular weight is 591 g/mol. The lowest BCUT2D eigenvalue weighted by molar-refractivity contribution is -0.124. The smallest absolute Gasteiger partial charge is 0.263 e. The third kappa shape index (κ3) is 6.39. The van der Waals surface area contributed by atoms with E-state index < -0.39 is 22.0 Å². The molecular weight excluding hydrogens is 556 g/mol. The number of anilines is 3. The van der Waals surface area contributed by atoms with Crippen LogP contribution in [0.25, 0.3) is 11.0 Å². The molecule has 1 atom stereocenters. The summed E-state index contributed by atoms with van der Waals surface area (Å²) >= 11 is 0. The first-order valence-electron chi connectivity index (χ1n) is 13.6. The fourth-order valence-electron chi connectivity index (χ4n) is 5.05. The molecule has 1 saturated heterocycles. The molecule has 12 heteroatoms. The summed E-state index contributed by atoms with van der Waals surface area (Å²) in [4.78, 5) is 23.7. The van der Waals surface area contributed by atoms with Crippen molar-refractivity contribution in [1.82, 2.24) is 14.9 Å². The van der Waals surface area contributed by atoms with Crippen LogP contribution in [-0.4, -0.2) is 56.5 Å². The highest BCUT2D eigenvalue weighted by Gasteiger charge is 2.30. The van der Waals surface area contributed by atoms with Crippen LogP contribution in [-0.2, 0) is 14.8 Å². The number of carbonyl (C=O) groups is 1. The summed E-state index contributed by atoms with van der Waals surface area (Å²) in [5.74, 6) is 1.30. The molecule has 1 aliphatic rings. The Kier molecular flexibility index (Phi) is 8.46. The van der Waals surface area contributed by atoms with Crippen LogP contribution in [0.2, 0.25) is 0 Å². The summed E-state index contributed by atoms with van der Waals surface area (Å²) in [5, 5.41) is 3.15. The molecule has 0 saturated carbocycles. The van der Waals surface area contributed by atoms with E-state index in [1.165, 1.54) is 26.4 Å². The lowest BCUT2D eigenvalue weighted by Crippen LogP contribution is -2.42. The Bertz CT molecular complexity index is 1680. The Morgan fingerprint density at radius 3 is 2.14 bits per heavy atom. The highest BCUT2D eigenvalue weighted by Crippen LogP contribution is 2.32. The van der Waals surface area contributed by atoms with Crippen LogP contribution in [0, 0.1) is 5.92 Å². The number of fused-ring (bicyclic) bond motifs is 1. The fourth-order valence-corrected chi connectivity index (χ4v) is 6.12. The third-order valence-electron chi connectivity index (χ3n) is 7.35. The molecule has 1 fully saturated rings. The van der Waals surface area contributed by atoms with Crippen molar-refractivity contribution in [2.45, 2.75) is 30.7 Å². The predicted octanol–water partition coefficient (Wildman–Crippen LogP) is 4.45. The van der Waals surface area contributed by atoms with E-state index in [2.05, 4.69) is 26.9 Å². The minimum atomic E-state index is -4.16. The van der Waals surface area contributed by atoms with Gasteiger partial charge in [0.25, 0.3) is 10.0 Å². The van der Waals surface area contributed by atoms with Gasteiger partial charge in [0.05, 0.1) is 30.1 Å². The van der Waals surface area contributed by atoms with Crippen LogP contribution >= 0.6 is 0 Å². The van der Waals surface area contributed by atoms with E-state index in [1.807, 2.05) is 11.0 Å². The van der Waals surface area contributed by atoms with Gasteiger partial charge in [-0.05, 0) is 61.7 Å². The number of piperidine rings is 1. The van der Waals surface area contributed by atoms with E-state index in [-0.39, 0.29) is 16.5 Å². The number of primary amides is 1. The summed E-state index contributed by atoms with van der Waals surface area (Å²) in [6.45, 7) is 3.60. The Morgan fingerprint density at radius 2 is 1.55 bits per heavy atom. The molecule has 1 aliphatic heterocycles. The van der Waals surface area contributed by atoms with Crippen molar-refractivity contribution in [2.75, 3.05) is 37.3 Å². The molecule has 1 unspecified atom stereocenters. The summed E-state index contributed by atoms with van der Waals surface area (Å²) in [7, 11) is -1.08. The molecule has 0 bridgehead atoms. The third-order valence-corrected chi connectivity index (χ3v) is 8.69. The van der Waals surface area contributed by atoms with Crippen molar-refractivity contribution < 1.29 is 22.7 Å². The normalized spacial score (nSPS) is 15.2. The van der Waals surface area contributed by atoms with E-state index in [4.69, 9.17) is 15.2 Å². The van der Waals surface area contributed by atoms with Crippen LogP contribution in [0.5, 0.6) is 11.5 Å². The first-order chi connectivity index (χ1) is 20.2. The van der Waals surface area contributed by atoms with Crippen LogP contribution in [0.4, 0.5) is 17.3 Å². The second kappa shape index (κ2) is 12.2. The number of methoxy groups -OCH3 is 2. The Hall–Kier alpha value is -4.42. The van der Waals surface area contributed by atoms with Crippen molar-refractivity contribution in [3.8, 4) is 11.5 Å².